The first-order valence-corrected chi connectivity index (χ1v) is 7.09. The van der Waals surface area contributed by atoms with E-state index in [0.717, 1.165) is 6.07 Å². The number of aromatic nitrogens is 3. The summed E-state index contributed by atoms with van der Waals surface area (Å²) in [6.07, 6.45) is -3.13. The first kappa shape index (κ1) is 16.5. The normalized spacial score (nSPS) is 11.3. The molecule has 0 atom stereocenters. The fourth-order valence-electron chi connectivity index (χ4n) is 2.08. The number of nitrogens with two attached hydrogens (primary N) is 1. The highest BCUT2D eigenvalue weighted by Crippen LogP contribution is 2.30. The van der Waals surface area contributed by atoms with Crippen LogP contribution in [0.4, 0.5) is 24.7 Å². The summed E-state index contributed by atoms with van der Waals surface area (Å²) in [7, 11) is 0. The van der Waals surface area contributed by atoms with Gasteiger partial charge in [-0.2, -0.15) is 18.3 Å². The van der Waals surface area contributed by atoms with Crippen LogP contribution in [-0.2, 0) is 6.18 Å². The second-order valence-corrected chi connectivity index (χ2v) is 5.17. The number of nitrogen functional groups attached to an aromatic ring is 1. The van der Waals surface area contributed by atoms with Gasteiger partial charge in [0.25, 0.3) is 5.91 Å². The molecule has 0 saturated carbocycles. The molecule has 0 aliphatic heterocycles. The lowest BCUT2D eigenvalue weighted by Gasteiger charge is -2.06. The zero-order chi connectivity index (χ0) is 18.0. The number of hydrogen-bond donors (Lipinski definition) is 3. The van der Waals surface area contributed by atoms with Gasteiger partial charge in [0.05, 0.1) is 11.3 Å². The lowest BCUT2D eigenvalue weighted by atomic mass is 10.1. The quantitative estimate of drug-likeness (QED) is 0.677. The minimum Gasteiger partial charge on any atom is -0.384 e. The third-order valence-electron chi connectivity index (χ3n) is 3.37. The molecule has 0 spiro atoms. The van der Waals surface area contributed by atoms with E-state index in [9.17, 15) is 18.0 Å². The Morgan fingerprint density at radius 2 is 1.84 bits per heavy atom. The number of nitrogens with zero attached hydrogens (tertiary/aromatic N) is 2. The fourth-order valence-corrected chi connectivity index (χ4v) is 2.08. The number of pyridine rings is 1. The summed E-state index contributed by atoms with van der Waals surface area (Å²) in [6, 6.07) is 10.2. The summed E-state index contributed by atoms with van der Waals surface area (Å²) in [5.74, 6) is -0.0718. The molecule has 25 heavy (non-hydrogen) atoms. The van der Waals surface area contributed by atoms with E-state index in [1.54, 1.807) is 24.3 Å². The number of carbonyl (C=O) groups is 1. The maximum atomic E-state index is 12.6. The van der Waals surface area contributed by atoms with Crippen LogP contribution < -0.4 is 11.1 Å². The van der Waals surface area contributed by atoms with Crippen molar-refractivity contribution < 1.29 is 18.0 Å². The van der Waals surface area contributed by atoms with Gasteiger partial charge in [-0.1, -0.05) is 12.1 Å². The largest absolute Gasteiger partial charge is 0.432 e. The van der Waals surface area contributed by atoms with Crippen molar-refractivity contribution >= 4 is 17.4 Å². The Hall–Kier alpha value is -3.36. The molecule has 2 heterocycles. The smallest absolute Gasteiger partial charge is 0.384 e. The standard InChI is InChI=1S/C16H12F3N5O/c17-16(18,19)13-7-12(23-24-13)9-1-4-11(5-2-9)22-15(25)10-3-6-14(20)21-8-10/h1-8H,(H2,20,21)(H,22,25)(H,23,24). The Balaban J connectivity index is 1.73. The second-order valence-electron chi connectivity index (χ2n) is 5.17. The number of carbonyl (C=O) groups excluding carboxylic acids is 1. The Morgan fingerprint density at radius 1 is 1.12 bits per heavy atom. The summed E-state index contributed by atoms with van der Waals surface area (Å²) >= 11 is 0. The van der Waals surface area contributed by atoms with E-state index in [2.05, 4.69) is 15.4 Å². The van der Waals surface area contributed by atoms with Crippen molar-refractivity contribution in [3.05, 3.63) is 59.9 Å². The highest BCUT2D eigenvalue weighted by Gasteiger charge is 2.33. The number of amides is 1. The molecule has 4 N–H and O–H groups in total. The highest BCUT2D eigenvalue weighted by molar-refractivity contribution is 6.04. The van der Waals surface area contributed by atoms with E-state index in [1.165, 1.54) is 18.3 Å². The summed E-state index contributed by atoms with van der Waals surface area (Å²) in [5, 5.41) is 8.26. The summed E-state index contributed by atoms with van der Waals surface area (Å²) < 4.78 is 37.7. The van der Waals surface area contributed by atoms with E-state index < -0.39 is 11.9 Å². The molecule has 0 saturated heterocycles. The molecule has 3 aromatic rings. The molecule has 0 bridgehead atoms. The number of anilines is 2. The number of hydrogen-bond acceptors (Lipinski definition) is 4. The Morgan fingerprint density at radius 3 is 2.40 bits per heavy atom. The van der Waals surface area contributed by atoms with Gasteiger partial charge in [-0.15, -0.1) is 0 Å². The van der Waals surface area contributed by atoms with Crippen LogP contribution in [0.25, 0.3) is 11.3 Å². The van der Waals surface area contributed by atoms with Gasteiger partial charge >= 0.3 is 6.18 Å². The molecule has 0 radical (unpaired) electrons. The van der Waals surface area contributed by atoms with Gasteiger partial charge in [0, 0.05) is 17.4 Å². The molecule has 0 unspecified atom stereocenters. The molecule has 0 fully saturated rings. The molecule has 1 aromatic carbocycles. The minimum atomic E-state index is -4.48. The van der Waals surface area contributed by atoms with Gasteiger partial charge in [-0.3, -0.25) is 9.89 Å². The topological polar surface area (TPSA) is 96.7 Å². The molecule has 0 aliphatic carbocycles. The van der Waals surface area contributed by atoms with Crippen LogP contribution >= 0.6 is 0 Å². The van der Waals surface area contributed by atoms with Crippen LogP contribution in [0.3, 0.4) is 0 Å². The average molecular weight is 347 g/mol. The summed E-state index contributed by atoms with van der Waals surface area (Å²) in [6.45, 7) is 0. The van der Waals surface area contributed by atoms with Crippen molar-refractivity contribution in [3.63, 3.8) is 0 Å². The van der Waals surface area contributed by atoms with Crippen molar-refractivity contribution in [2.45, 2.75) is 6.18 Å². The van der Waals surface area contributed by atoms with E-state index in [0.29, 0.717) is 22.6 Å². The predicted molar refractivity (Wildman–Crippen MR) is 85.6 cm³/mol. The number of halogens is 3. The van der Waals surface area contributed by atoms with E-state index in [-0.39, 0.29) is 11.6 Å². The zero-order valence-corrected chi connectivity index (χ0v) is 12.6. The third kappa shape index (κ3) is 3.77. The second kappa shape index (κ2) is 6.27. The van der Waals surface area contributed by atoms with Gasteiger partial charge in [0.2, 0.25) is 0 Å². The monoisotopic (exact) mass is 347 g/mol. The fraction of sp³-hybridized carbons (Fsp3) is 0.0625. The SMILES string of the molecule is Nc1ccc(C(=O)Nc2ccc(-c3cc(C(F)(F)F)[nH]n3)cc2)cn1. The highest BCUT2D eigenvalue weighted by atomic mass is 19.4. The van der Waals surface area contributed by atoms with Crippen LogP contribution in [0.1, 0.15) is 16.1 Å². The van der Waals surface area contributed by atoms with Gasteiger partial charge in [0.15, 0.2) is 0 Å². The number of H-pyrrole nitrogens is 1. The van der Waals surface area contributed by atoms with E-state index in [1.807, 2.05) is 5.10 Å². The Bertz CT molecular complexity index is 885. The maximum Gasteiger partial charge on any atom is 0.432 e. The van der Waals surface area contributed by atoms with Crippen molar-refractivity contribution in [3.8, 4) is 11.3 Å². The van der Waals surface area contributed by atoms with Crippen LogP contribution in [0, 0.1) is 0 Å². The molecule has 0 aliphatic rings. The lowest BCUT2D eigenvalue weighted by Crippen LogP contribution is -2.12. The van der Waals surface area contributed by atoms with Crippen molar-refractivity contribution in [2.24, 2.45) is 0 Å². The minimum absolute atomic E-state index is 0.160. The summed E-state index contributed by atoms with van der Waals surface area (Å²) in [5.41, 5.74) is 6.00. The number of nitrogens with one attached hydrogen (secondary N) is 2. The van der Waals surface area contributed by atoms with Crippen LogP contribution in [0.5, 0.6) is 0 Å². The molecular formula is C16H12F3N5O. The first-order chi connectivity index (χ1) is 11.8. The van der Waals surface area contributed by atoms with Crippen LogP contribution in [0.15, 0.2) is 48.7 Å². The van der Waals surface area contributed by atoms with Crippen molar-refractivity contribution in [1.29, 1.82) is 0 Å². The number of rotatable bonds is 3. The number of aromatic amines is 1. The Kier molecular flexibility index (Phi) is 4.14. The first-order valence-electron chi connectivity index (χ1n) is 7.09. The predicted octanol–water partition coefficient (Wildman–Crippen LogP) is 3.33. The van der Waals surface area contributed by atoms with Gasteiger partial charge in [0.1, 0.15) is 11.5 Å². The van der Waals surface area contributed by atoms with Crippen molar-refractivity contribution in [1.82, 2.24) is 15.2 Å². The molecular weight excluding hydrogens is 335 g/mol. The Labute approximate surface area is 139 Å². The zero-order valence-electron chi connectivity index (χ0n) is 12.6. The molecule has 128 valence electrons. The molecule has 3 rings (SSSR count). The van der Waals surface area contributed by atoms with E-state index >= 15 is 0 Å². The van der Waals surface area contributed by atoms with Gasteiger partial charge < -0.3 is 11.1 Å². The van der Waals surface area contributed by atoms with Crippen LogP contribution in [0.2, 0.25) is 0 Å². The third-order valence-corrected chi connectivity index (χ3v) is 3.37. The lowest BCUT2D eigenvalue weighted by molar-refractivity contribution is -0.141. The molecule has 9 heteroatoms. The number of alkyl halides is 3. The summed E-state index contributed by atoms with van der Waals surface area (Å²) in [4.78, 5) is 15.9. The average Bonchev–Trinajstić information content (AvgIpc) is 3.06. The van der Waals surface area contributed by atoms with Gasteiger partial charge in [-0.25, -0.2) is 4.98 Å². The van der Waals surface area contributed by atoms with Gasteiger partial charge in [-0.05, 0) is 30.3 Å². The van der Waals surface area contributed by atoms with E-state index in [4.69, 9.17) is 5.73 Å². The molecule has 1 amide bonds. The number of benzene rings is 1. The van der Waals surface area contributed by atoms with Crippen molar-refractivity contribution in [2.75, 3.05) is 11.1 Å². The maximum absolute atomic E-state index is 12.6. The molecule has 2 aromatic heterocycles. The van der Waals surface area contributed by atoms with Crippen LogP contribution in [-0.4, -0.2) is 21.1 Å². The molecule has 6 nitrogen and oxygen atoms in total.